The summed E-state index contributed by atoms with van der Waals surface area (Å²) in [5, 5.41) is 0. The molecule has 5 nitrogen and oxygen atoms in total. The van der Waals surface area contributed by atoms with Gasteiger partial charge >= 0.3 is 0 Å². The van der Waals surface area contributed by atoms with E-state index in [4.69, 9.17) is 4.74 Å². The van der Waals surface area contributed by atoms with E-state index >= 15 is 0 Å². The fourth-order valence-corrected chi connectivity index (χ4v) is 2.35. The minimum Gasteiger partial charge on any atom is -0.484 e. The minimum atomic E-state index is -0.202. The smallest absolute Gasteiger partial charge is 0.261 e. The Bertz CT molecular complexity index is 508. The summed E-state index contributed by atoms with van der Waals surface area (Å²) in [6.45, 7) is 7.23. The predicted molar refractivity (Wildman–Crippen MR) is 80.0 cm³/mol. The van der Waals surface area contributed by atoms with Gasteiger partial charge in [-0.05, 0) is 32.9 Å². The van der Waals surface area contributed by atoms with E-state index in [0.717, 1.165) is 0 Å². The Morgan fingerprint density at radius 1 is 1.19 bits per heavy atom. The Hall–Kier alpha value is -2.04. The van der Waals surface area contributed by atoms with Crippen molar-refractivity contribution in [2.24, 2.45) is 0 Å². The first-order chi connectivity index (χ1) is 9.88. The standard InChI is InChI=1S/C16H22N2O3/c1-16(2,3)18-10-9-17(11-14(18)19)15(20)12-21-13-7-5-4-6-8-13/h4-8H,9-12H2,1-3H3. The molecule has 2 amide bonds. The summed E-state index contributed by atoms with van der Waals surface area (Å²) in [5.41, 5.74) is -0.202. The lowest BCUT2D eigenvalue weighted by Crippen LogP contribution is -2.58. The topological polar surface area (TPSA) is 49.9 Å². The van der Waals surface area contributed by atoms with Crippen LogP contribution in [-0.4, -0.2) is 53.4 Å². The second-order valence-corrected chi connectivity index (χ2v) is 6.13. The molecule has 0 bridgehead atoms. The van der Waals surface area contributed by atoms with Gasteiger partial charge in [-0.25, -0.2) is 0 Å². The molecule has 0 spiro atoms. The number of hydrogen-bond donors (Lipinski definition) is 0. The first-order valence-corrected chi connectivity index (χ1v) is 7.14. The zero-order chi connectivity index (χ0) is 15.5. The summed E-state index contributed by atoms with van der Waals surface area (Å²) in [6.07, 6.45) is 0. The van der Waals surface area contributed by atoms with Crippen LogP contribution in [0.3, 0.4) is 0 Å². The molecule has 0 aromatic heterocycles. The average Bonchev–Trinajstić information content (AvgIpc) is 2.44. The van der Waals surface area contributed by atoms with Gasteiger partial charge in [-0.3, -0.25) is 9.59 Å². The van der Waals surface area contributed by atoms with Crippen LogP contribution in [0, 0.1) is 0 Å². The summed E-state index contributed by atoms with van der Waals surface area (Å²) in [4.78, 5) is 27.6. The third-order valence-corrected chi connectivity index (χ3v) is 3.49. The van der Waals surface area contributed by atoms with Crippen molar-refractivity contribution in [3.8, 4) is 5.75 Å². The van der Waals surface area contributed by atoms with Crippen molar-refractivity contribution >= 4 is 11.8 Å². The Morgan fingerprint density at radius 2 is 1.86 bits per heavy atom. The van der Waals surface area contributed by atoms with Crippen LogP contribution in [0.25, 0.3) is 0 Å². The Labute approximate surface area is 125 Å². The molecule has 1 aromatic carbocycles. The first kappa shape index (κ1) is 15.4. The maximum Gasteiger partial charge on any atom is 0.261 e. The average molecular weight is 290 g/mol. The fourth-order valence-electron chi connectivity index (χ4n) is 2.35. The van der Waals surface area contributed by atoms with Crippen molar-refractivity contribution in [2.75, 3.05) is 26.2 Å². The third-order valence-electron chi connectivity index (χ3n) is 3.49. The number of hydrogen-bond acceptors (Lipinski definition) is 3. The number of carbonyl (C=O) groups is 2. The van der Waals surface area contributed by atoms with Crippen molar-refractivity contribution in [1.82, 2.24) is 9.80 Å². The van der Waals surface area contributed by atoms with E-state index in [0.29, 0.717) is 18.8 Å². The molecule has 1 aliphatic heterocycles. The molecule has 2 rings (SSSR count). The summed E-state index contributed by atoms with van der Waals surface area (Å²) < 4.78 is 5.43. The quantitative estimate of drug-likeness (QED) is 0.848. The highest BCUT2D eigenvalue weighted by Gasteiger charge is 2.33. The number of ether oxygens (including phenoxy) is 1. The van der Waals surface area contributed by atoms with Crippen molar-refractivity contribution < 1.29 is 14.3 Å². The van der Waals surface area contributed by atoms with Crippen LogP contribution in [0.5, 0.6) is 5.75 Å². The first-order valence-electron chi connectivity index (χ1n) is 7.14. The van der Waals surface area contributed by atoms with Gasteiger partial charge < -0.3 is 14.5 Å². The lowest BCUT2D eigenvalue weighted by atomic mass is 10.0. The molecular weight excluding hydrogens is 268 g/mol. The number of para-hydroxylation sites is 1. The van der Waals surface area contributed by atoms with Crippen LogP contribution >= 0.6 is 0 Å². The number of carbonyl (C=O) groups excluding carboxylic acids is 2. The maximum absolute atomic E-state index is 12.1. The number of rotatable bonds is 3. The second kappa shape index (κ2) is 6.16. The number of nitrogens with zero attached hydrogens (tertiary/aromatic N) is 2. The predicted octanol–water partition coefficient (Wildman–Crippen LogP) is 1.53. The van der Waals surface area contributed by atoms with Crippen LogP contribution in [0.4, 0.5) is 0 Å². The van der Waals surface area contributed by atoms with Crippen LogP contribution in [0.15, 0.2) is 30.3 Å². The van der Waals surface area contributed by atoms with Gasteiger partial charge in [0.2, 0.25) is 5.91 Å². The molecule has 114 valence electrons. The van der Waals surface area contributed by atoms with Gasteiger partial charge in [-0.2, -0.15) is 0 Å². The second-order valence-electron chi connectivity index (χ2n) is 6.13. The largest absolute Gasteiger partial charge is 0.484 e. The summed E-state index contributed by atoms with van der Waals surface area (Å²) in [5.74, 6) is 0.494. The monoisotopic (exact) mass is 290 g/mol. The van der Waals surface area contributed by atoms with Gasteiger partial charge in [-0.15, -0.1) is 0 Å². The lowest BCUT2D eigenvalue weighted by Gasteiger charge is -2.42. The highest BCUT2D eigenvalue weighted by Crippen LogP contribution is 2.17. The van der Waals surface area contributed by atoms with Crippen LogP contribution < -0.4 is 4.74 Å². The van der Waals surface area contributed by atoms with Gasteiger partial charge in [0.1, 0.15) is 5.75 Å². The van der Waals surface area contributed by atoms with Crippen LogP contribution in [0.2, 0.25) is 0 Å². The summed E-state index contributed by atoms with van der Waals surface area (Å²) in [7, 11) is 0. The van der Waals surface area contributed by atoms with Crippen molar-refractivity contribution in [1.29, 1.82) is 0 Å². The molecule has 0 saturated carbocycles. The molecule has 1 aromatic rings. The molecule has 1 heterocycles. The van der Waals surface area contributed by atoms with E-state index < -0.39 is 0 Å². The molecule has 0 N–H and O–H groups in total. The van der Waals surface area contributed by atoms with Crippen molar-refractivity contribution in [3.05, 3.63) is 30.3 Å². The van der Waals surface area contributed by atoms with E-state index in [-0.39, 0.29) is 30.5 Å². The molecule has 0 unspecified atom stereocenters. The SMILES string of the molecule is CC(C)(C)N1CCN(C(=O)COc2ccccc2)CC1=O. The zero-order valence-corrected chi connectivity index (χ0v) is 12.8. The Kier molecular flexibility index (Phi) is 4.50. The van der Waals surface area contributed by atoms with E-state index in [2.05, 4.69) is 0 Å². The molecule has 1 fully saturated rings. The lowest BCUT2D eigenvalue weighted by molar-refractivity contribution is -0.150. The van der Waals surface area contributed by atoms with Crippen molar-refractivity contribution in [3.63, 3.8) is 0 Å². The number of amides is 2. The van der Waals surface area contributed by atoms with E-state index in [1.165, 1.54) is 0 Å². The minimum absolute atomic E-state index is 0.0122. The fraction of sp³-hybridized carbons (Fsp3) is 0.500. The van der Waals surface area contributed by atoms with Crippen LogP contribution in [0.1, 0.15) is 20.8 Å². The van der Waals surface area contributed by atoms with Gasteiger partial charge in [0, 0.05) is 18.6 Å². The van der Waals surface area contributed by atoms with E-state index in [1.807, 2.05) is 43.9 Å². The summed E-state index contributed by atoms with van der Waals surface area (Å²) in [6, 6.07) is 9.20. The molecule has 1 saturated heterocycles. The third kappa shape index (κ3) is 3.97. The van der Waals surface area contributed by atoms with Gasteiger partial charge in [-0.1, -0.05) is 18.2 Å². The van der Waals surface area contributed by atoms with Crippen molar-refractivity contribution in [2.45, 2.75) is 26.3 Å². The zero-order valence-electron chi connectivity index (χ0n) is 12.8. The molecule has 0 atom stereocenters. The summed E-state index contributed by atoms with van der Waals surface area (Å²) >= 11 is 0. The van der Waals surface area contributed by atoms with Gasteiger partial charge in [0.05, 0.1) is 6.54 Å². The highest BCUT2D eigenvalue weighted by molar-refractivity contribution is 5.87. The molecule has 1 aliphatic rings. The van der Waals surface area contributed by atoms with E-state index in [1.54, 1.807) is 17.0 Å². The van der Waals surface area contributed by atoms with E-state index in [9.17, 15) is 9.59 Å². The Morgan fingerprint density at radius 3 is 2.43 bits per heavy atom. The maximum atomic E-state index is 12.1. The van der Waals surface area contributed by atoms with Gasteiger partial charge in [0.25, 0.3) is 5.91 Å². The normalized spacial score (nSPS) is 16.0. The molecule has 0 radical (unpaired) electrons. The van der Waals surface area contributed by atoms with Gasteiger partial charge in [0.15, 0.2) is 6.61 Å². The number of piperazine rings is 1. The molecule has 5 heteroatoms. The Balaban J connectivity index is 1.86. The molecule has 0 aliphatic carbocycles. The number of benzene rings is 1. The molecule has 21 heavy (non-hydrogen) atoms. The van der Waals surface area contributed by atoms with Crippen LogP contribution in [-0.2, 0) is 9.59 Å². The molecular formula is C16H22N2O3. The highest BCUT2D eigenvalue weighted by atomic mass is 16.5.